The van der Waals surface area contributed by atoms with E-state index < -0.39 is 0 Å². The zero-order chi connectivity index (χ0) is 19.0. The van der Waals surface area contributed by atoms with Gasteiger partial charge < -0.3 is 5.32 Å². The van der Waals surface area contributed by atoms with Gasteiger partial charge >= 0.3 is 0 Å². The summed E-state index contributed by atoms with van der Waals surface area (Å²) in [6.07, 6.45) is 0.978. The van der Waals surface area contributed by atoms with E-state index in [9.17, 15) is 9.59 Å². The molecule has 1 aliphatic heterocycles. The lowest BCUT2D eigenvalue weighted by Gasteiger charge is -2.25. The van der Waals surface area contributed by atoms with E-state index in [1.807, 2.05) is 44.3 Å². The van der Waals surface area contributed by atoms with E-state index in [2.05, 4.69) is 21.7 Å². The Labute approximate surface area is 161 Å². The smallest absolute Gasteiger partial charge is 0.295 e. The van der Waals surface area contributed by atoms with Crippen LogP contribution in [-0.2, 0) is 24.8 Å². The molecule has 3 aromatic rings. The first-order valence-corrected chi connectivity index (χ1v) is 9.84. The number of hydrogen-bond donors (Lipinski definition) is 1. The molecule has 1 aliphatic rings. The first-order valence-electron chi connectivity index (χ1n) is 8.96. The molecule has 0 spiro atoms. The third kappa shape index (κ3) is 3.36. The number of para-hydroxylation sites is 1. The lowest BCUT2D eigenvalue weighted by molar-refractivity contribution is -0.117. The molecule has 0 saturated carbocycles. The highest BCUT2D eigenvalue weighted by molar-refractivity contribution is 7.10. The molecule has 7 heteroatoms. The van der Waals surface area contributed by atoms with Crippen LogP contribution < -0.4 is 10.9 Å². The van der Waals surface area contributed by atoms with Gasteiger partial charge in [0.15, 0.2) is 0 Å². The predicted molar refractivity (Wildman–Crippen MR) is 108 cm³/mol. The van der Waals surface area contributed by atoms with Crippen LogP contribution in [0.4, 0.5) is 5.69 Å². The Morgan fingerprint density at radius 2 is 2.00 bits per heavy atom. The van der Waals surface area contributed by atoms with Crippen molar-refractivity contribution >= 4 is 22.9 Å². The molecule has 140 valence electrons. The maximum atomic E-state index is 12.9. The van der Waals surface area contributed by atoms with E-state index in [-0.39, 0.29) is 18.0 Å². The van der Waals surface area contributed by atoms with Crippen LogP contribution in [0.1, 0.15) is 16.1 Å². The average molecular weight is 382 g/mol. The zero-order valence-corrected chi connectivity index (χ0v) is 16.3. The molecular weight excluding hydrogens is 360 g/mol. The summed E-state index contributed by atoms with van der Waals surface area (Å²) in [5.41, 5.74) is 2.94. The second kappa shape index (κ2) is 7.17. The minimum atomic E-state index is -0.215. The van der Waals surface area contributed by atoms with E-state index in [1.165, 1.54) is 10.4 Å². The van der Waals surface area contributed by atoms with Gasteiger partial charge in [0.2, 0.25) is 5.91 Å². The second-order valence-electron chi connectivity index (χ2n) is 6.81. The van der Waals surface area contributed by atoms with Crippen LogP contribution in [-0.4, -0.2) is 33.3 Å². The van der Waals surface area contributed by atoms with E-state index in [0.717, 1.165) is 30.9 Å². The third-order valence-corrected chi connectivity index (χ3v) is 6.10. The van der Waals surface area contributed by atoms with Crippen molar-refractivity contribution in [1.29, 1.82) is 0 Å². The number of amides is 1. The monoisotopic (exact) mass is 382 g/mol. The Bertz CT molecular complexity index is 1030. The van der Waals surface area contributed by atoms with Gasteiger partial charge in [-0.2, -0.15) is 0 Å². The number of carbonyl (C=O) groups excluding carboxylic acids is 1. The number of anilines is 1. The van der Waals surface area contributed by atoms with E-state index in [4.69, 9.17) is 0 Å². The summed E-state index contributed by atoms with van der Waals surface area (Å²) in [5, 5.41) is 4.95. The Morgan fingerprint density at radius 1 is 1.22 bits per heavy atom. The van der Waals surface area contributed by atoms with Gasteiger partial charge in [-0.05, 0) is 42.5 Å². The molecule has 27 heavy (non-hydrogen) atoms. The predicted octanol–water partition coefficient (Wildman–Crippen LogP) is 2.54. The molecule has 0 aliphatic carbocycles. The normalized spacial score (nSPS) is 14.1. The quantitative estimate of drug-likeness (QED) is 0.754. The first-order chi connectivity index (χ1) is 13.0. The van der Waals surface area contributed by atoms with Gasteiger partial charge in [0.05, 0.1) is 17.9 Å². The van der Waals surface area contributed by atoms with Crippen molar-refractivity contribution in [1.82, 2.24) is 14.3 Å². The molecule has 3 heterocycles. The molecule has 0 saturated heterocycles. The largest absolute Gasteiger partial charge is 0.319 e. The SMILES string of the molecule is Cc1c(NC(=O)CN2CCc3sccc3C2)c(=O)n(-c2ccccc2)n1C. The van der Waals surface area contributed by atoms with Crippen molar-refractivity contribution in [3.63, 3.8) is 0 Å². The van der Waals surface area contributed by atoms with Gasteiger partial charge in [-0.1, -0.05) is 18.2 Å². The molecule has 4 rings (SSSR count). The second-order valence-corrected chi connectivity index (χ2v) is 7.82. The Hall–Kier alpha value is -2.64. The van der Waals surface area contributed by atoms with Crippen molar-refractivity contribution in [2.24, 2.45) is 7.05 Å². The van der Waals surface area contributed by atoms with Crippen molar-refractivity contribution in [3.8, 4) is 5.69 Å². The van der Waals surface area contributed by atoms with Crippen molar-refractivity contribution < 1.29 is 4.79 Å². The fourth-order valence-electron chi connectivity index (χ4n) is 3.54. The molecule has 0 bridgehead atoms. The maximum absolute atomic E-state index is 12.9. The maximum Gasteiger partial charge on any atom is 0.295 e. The number of fused-ring (bicyclic) bond motifs is 1. The van der Waals surface area contributed by atoms with Gasteiger partial charge in [0.25, 0.3) is 5.56 Å². The summed E-state index contributed by atoms with van der Waals surface area (Å²) in [4.78, 5) is 29.0. The highest BCUT2D eigenvalue weighted by atomic mass is 32.1. The van der Waals surface area contributed by atoms with Crippen molar-refractivity contribution in [3.05, 3.63) is 68.3 Å². The Kier molecular flexibility index (Phi) is 4.72. The van der Waals surface area contributed by atoms with Gasteiger partial charge in [0.1, 0.15) is 5.69 Å². The Morgan fingerprint density at radius 3 is 2.78 bits per heavy atom. The summed E-state index contributed by atoms with van der Waals surface area (Å²) < 4.78 is 3.34. The molecule has 0 atom stereocenters. The van der Waals surface area contributed by atoms with E-state index in [1.54, 1.807) is 20.7 Å². The van der Waals surface area contributed by atoms with Crippen LogP contribution in [0.2, 0.25) is 0 Å². The minimum Gasteiger partial charge on any atom is -0.319 e. The summed E-state index contributed by atoms with van der Waals surface area (Å²) in [6.45, 7) is 3.78. The van der Waals surface area contributed by atoms with Crippen LogP contribution >= 0.6 is 11.3 Å². The third-order valence-electron chi connectivity index (χ3n) is 5.07. The average Bonchev–Trinajstić information content (AvgIpc) is 3.21. The molecule has 0 unspecified atom stereocenters. The van der Waals surface area contributed by atoms with Crippen molar-refractivity contribution in [2.75, 3.05) is 18.4 Å². The van der Waals surface area contributed by atoms with Gasteiger partial charge in [-0.25, -0.2) is 4.68 Å². The molecule has 2 aromatic heterocycles. The molecule has 0 fully saturated rings. The first kappa shape index (κ1) is 17.8. The number of thiophene rings is 1. The summed E-state index contributed by atoms with van der Waals surface area (Å²) in [5.74, 6) is -0.153. The standard InChI is InChI=1S/C20H22N4O2S/c1-14-19(20(26)24(22(14)2)16-6-4-3-5-7-16)21-18(25)13-23-10-8-17-15(12-23)9-11-27-17/h3-7,9,11H,8,10,12-13H2,1-2H3,(H,21,25). The highest BCUT2D eigenvalue weighted by Crippen LogP contribution is 2.23. The molecule has 1 N–H and O–H groups in total. The van der Waals surface area contributed by atoms with Crippen LogP contribution in [0.15, 0.2) is 46.6 Å². The number of benzene rings is 1. The number of nitrogens with zero attached hydrogens (tertiary/aromatic N) is 3. The minimum absolute atomic E-state index is 0.153. The molecule has 1 aromatic carbocycles. The number of hydrogen-bond acceptors (Lipinski definition) is 4. The van der Waals surface area contributed by atoms with Gasteiger partial charge in [-0.15, -0.1) is 11.3 Å². The fraction of sp³-hybridized carbons (Fsp3) is 0.300. The van der Waals surface area contributed by atoms with E-state index >= 15 is 0 Å². The van der Waals surface area contributed by atoms with Crippen molar-refractivity contribution in [2.45, 2.75) is 19.9 Å². The van der Waals surface area contributed by atoms with Crippen LogP contribution in [0.3, 0.4) is 0 Å². The van der Waals surface area contributed by atoms with E-state index in [0.29, 0.717) is 5.69 Å². The summed E-state index contributed by atoms with van der Waals surface area (Å²) in [6, 6.07) is 11.6. The lowest BCUT2D eigenvalue weighted by atomic mass is 10.1. The summed E-state index contributed by atoms with van der Waals surface area (Å²) >= 11 is 1.78. The number of nitrogens with one attached hydrogen (secondary N) is 1. The molecule has 0 radical (unpaired) electrons. The topological polar surface area (TPSA) is 59.3 Å². The van der Waals surface area contributed by atoms with Gasteiger partial charge in [-0.3, -0.25) is 19.2 Å². The van der Waals surface area contributed by atoms with Crippen LogP contribution in [0.25, 0.3) is 5.69 Å². The van der Waals surface area contributed by atoms with Crippen LogP contribution in [0.5, 0.6) is 0 Å². The molecular formula is C20H22N4O2S. The molecule has 1 amide bonds. The van der Waals surface area contributed by atoms with Gasteiger partial charge in [0, 0.05) is 25.0 Å². The Balaban J connectivity index is 1.51. The molecule has 6 nitrogen and oxygen atoms in total. The number of carbonyl (C=O) groups is 1. The number of aromatic nitrogens is 2. The lowest BCUT2D eigenvalue weighted by Crippen LogP contribution is -2.37. The fourth-order valence-corrected chi connectivity index (χ4v) is 4.43. The highest BCUT2D eigenvalue weighted by Gasteiger charge is 2.22. The zero-order valence-electron chi connectivity index (χ0n) is 15.4. The number of rotatable bonds is 4. The summed E-state index contributed by atoms with van der Waals surface area (Å²) in [7, 11) is 1.82. The van der Waals surface area contributed by atoms with Crippen LogP contribution in [0, 0.1) is 6.92 Å².